The summed E-state index contributed by atoms with van der Waals surface area (Å²) in [5, 5.41) is 9.03. The number of ether oxygens (including phenoxy) is 2. The molecular weight excluding hydrogens is 988 g/mol. The predicted octanol–water partition coefficient (Wildman–Crippen LogP) is 5.20. The van der Waals surface area contributed by atoms with E-state index in [0.717, 1.165) is 66.2 Å². The fraction of sp³-hybridized carbons (Fsp3) is 0.490. The van der Waals surface area contributed by atoms with E-state index in [0.29, 0.717) is 36.6 Å². The van der Waals surface area contributed by atoms with E-state index in [1.165, 1.54) is 17.0 Å². The number of nitrogens with one attached hydrogen (secondary N) is 3. The fourth-order valence-electron chi connectivity index (χ4n) is 10.4. The molecule has 18 nitrogen and oxygen atoms in total. The van der Waals surface area contributed by atoms with Gasteiger partial charge >= 0.3 is 13.3 Å². The summed E-state index contributed by atoms with van der Waals surface area (Å²) < 4.78 is 53.8. The van der Waals surface area contributed by atoms with Crippen LogP contribution >= 0.6 is 18.9 Å². The molecule has 22 heteroatoms. The highest BCUT2D eigenvalue weighted by Gasteiger charge is 2.51. The molecule has 1 unspecified atom stereocenters. The van der Waals surface area contributed by atoms with Gasteiger partial charge in [-0.1, -0.05) is 63.2 Å². The van der Waals surface area contributed by atoms with Crippen LogP contribution in [0, 0.1) is 5.41 Å². The van der Waals surface area contributed by atoms with Crippen molar-refractivity contribution in [1.29, 1.82) is 0 Å². The maximum absolute atomic E-state index is 14.9. The molecule has 0 aliphatic carbocycles. The minimum Gasteiger partial charge on any atom is -0.382 e. The lowest BCUT2D eigenvalue weighted by molar-refractivity contribution is -0.150. The number of carbonyl (C=O) groups is 6. The summed E-state index contributed by atoms with van der Waals surface area (Å²) in [5.41, 5.74) is -3.07. The molecule has 0 spiro atoms. The number of imide groups is 1. The van der Waals surface area contributed by atoms with Crippen molar-refractivity contribution in [2.75, 3.05) is 57.8 Å². The zero-order chi connectivity index (χ0) is 52.0. The molecule has 0 radical (unpaired) electrons. The average Bonchev–Trinajstić information content (AvgIpc) is 4.09. The Morgan fingerprint density at radius 2 is 1.71 bits per heavy atom. The van der Waals surface area contributed by atoms with Gasteiger partial charge in [0.1, 0.15) is 24.2 Å². The number of morpholine rings is 1. The summed E-state index contributed by atoms with van der Waals surface area (Å²) in [6, 6.07) is 16.9. The number of amides is 6. The van der Waals surface area contributed by atoms with E-state index in [1.54, 1.807) is 36.6 Å². The molecule has 4 aromatic rings. The van der Waals surface area contributed by atoms with E-state index in [-0.39, 0.29) is 79.0 Å². The average molecular weight is 1050 g/mol. The van der Waals surface area contributed by atoms with Crippen LogP contribution < -0.4 is 16.0 Å². The molecule has 4 fully saturated rings. The summed E-state index contributed by atoms with van der Waals surface area (Å²) in [6.45, 7) is 9.06. The molecule has 5 N–H and O–H groups in total. The molecule has 4 saturated heterocycles. The van der Waals surface area contributed by atoms with Crippen LogP contribution in [-0.2, 0) is 45.4 Å². The molecule has 6 amide bonds. The highest BCUT2D eigenvalue weighted by Crippen LogP contribution is 2.59. The molecule has 3 aromatic carbocycles. The number of halogens is 2. The minimum atomic E-state index is -5.84. The van der Waals surface area contributed by atoms with Crippen molar-refractivity contribution >= 4 is 70.1 Å². The van der Waals surface area contributed by atoms with Crippen LogP contribution in [0.2, 0.25) is 0 Å². The van der Waals surface area contributed by atoms with Gasteiger partial charge in [-0.15, -0.1) is 11.3 Å². The molecule has 5 aliphatic heterocycles. The molecular formula is C51H60F2N7O11PS. The van der Waals surface area contributed by atoms with Crippen molar-refractivity contribution in [3.63, 3.8) is 0 Å². The minimum absolute atomic E-state index is 0.0838. The van der Waals surface area contributed by atoms with Crippen molar-refractivity contribution in [3.05, 3.63) is 99.9 Å². The Kier molecular flexibility index (Phi) is 15.0. The molecule has 9 rings (SSSR count). The number of anilines is 1. The van der Waals surface area contributed by atoms with E-state index in [1.807, 2.05) is 42.5 Å². The van der Waals surface area contributed by atoms with Crippen LogP contribution in [0.4, 0.5) is 14.5 Å². The van der Waals surface area contributed by atoms with E-state index in [2.05, 4.69) is 20.9 Å². The maximum Gasteiger partial charge on any atom is 0.399 e. The van der Waals surface area contributed by atoms with Gasteiger partial charge in [0.25, 0.3) is 11.8 Å². The van der Waals surface area contributed by atoms with Crippen LogP contribution in [0.25, 0.3) is 10.1 Å². The van der Waals surface area contributed by atoms with E-state index < -0.39 is 66.2 Å². The van der Waals surface area contributed by atoms with Crippen molar-refractivity contribution < 1.29 is 61.4 Å². The standard InChI is InChI=1S/C51H60F2N7O11PS/c1-50(2,3)44(56-46(63)42-25-31-24-32(12-14-41(31)73-42)51(52,53)72(67,68)69)49(66)59-27-34(26-39(59)48(65)58-21-23-71-40(29-58)30-8-5-4-6-9-30)70-22-20-57-18-16-33(17-19-57)54-37-11-7-10-35-36(37)28-60(47(35)64)38-13-15-43(61)55-45(38)62/h4-12,14,24-25,33-34,38-40,44,54H,13,15-23,26-29H2,1-3H3,(H,56,63)(H,55,61,62)(H2,67,68,69)/t34-,38?,39-,40-,44+/m0/s1. The lowest BCUT2D eigenvalue weighted by Crippen LogP contribution is -2.58. The first-order valence-electron chi connectivity index (χ1n) is 24.6. The van der Waals surface area contributed by atoms with E-state index >= 15 is 0 Å². The second-order valence-electron chi connectivity index (χ2n) is 20.5. The van der Waals surface area contributed by atoms with Gasteiger partial charge in [0.05, 0.1) is 30.7 Å². The Balaban J connectivity index is 0.848. The SMILES string of the molecule is CC(C)(C)[C@H](NC(=O)c1cc2cc(C(F)(F)P(=O)(O)O)ccc2s1)C(=O)N1C[C@@H](OCCN2CCC(Nc3cccc4c3CN(C3CCC(=O)NC3=O)C4=O)CC2)C[C@H]1C(=O)N1CCO[C@H](c2ccccc2)C1. The molecule has 0 bridgehead atoms. The van der Waals surface area contributed by atoms with Gasteiger partial charge in [-0.3, -0.25) is 38.6 Å². The van der Waals surface area contributed by atoms with Gasteiger partial charge in [0, 0.05) is 85.2 Å². The summed E-state index contributed by atoms with van der Waals surface area (Å²) in [4.78, 5) is 107. The zero-order valence-electron chi connectivity index (χ0n) is 40.8. The smallest absolute Gasteiger partial charge is 0.382 e. The first kappa shape index (κ1) is 52.2. The number of fused-ring (bicyclic) bond motifs is 2. The molecule has 390 valence electrons. The molecule has 5 aliphatic rings. The Morgan fingerprint density at radius 3 is 2.42 bits per heavy atom. The van der Waals surface area contributed by atoms with Gasteiger partial charge in [-0.05, 0) is 66.0 Å². The number of alkyl halides is 2. The number of likely N-dealkylation sites (tertiary alicyclic amines) is 2. The lowest BCUT2D eigenvalue weighted by atomic mass is 9.85. The summed E-state index contributed by atoms with van der Waals surface area (Å²) >= 11 is 0.974. The second-order valence-corrected chi connectivity index (χ2v) is 23.2. The Labute approximate surface area is 424 Å². The monoisotopic (exact) mass is 1050 g/mol. The van der Waals surface area contributed by atoms with E-state index in [9.17, 15) is 51.9 Å². The Morgan fingerprint density at radius 1 is 0.959 bits per heavy atom. The quantitative estimate of drug-likeness (QED) is 0.0810. The highest BCUT2D eigenvalue weighted by molar-refractivity contribution is 7.52. The lowest BCUT2D eigenvalue weighted by Gasteiger charge is -2.38. The summed E-state index contributed by atoms with van der Waals surface area (Å²) in [7, 11) is -5.84. The topological polar surface area (TPSA) is 227 Å². The number of hydrogen-bond acceptors (Lipinski definition) is 12. The van der Waals surface area contributed by atoms with Crippen molar-refractivity contribution in [2.24, 2.45) is 5.41 Å². The first-order chi connectivity index (χ1) is 34.7. The molecule has 5 atom stereocenters. The number of benzene rings is 3. The van der Waals surface area contributed by atoms with Crippen LogP contribution in [0.3, 0.4) is 0 Å². The number of rotatable bonds is 14. The summed E-state index contributed by atoms with van der Waals surface area (Å²) in [6.07, 6.45) is 1.44. The predicted molar refractivity (Wildman–Crippen MR) is 266 cm³/mol. The Bertz CT molecular complexity index is 2830. The van der Waals surface area contributed by atoms with E-state index in [4.69, 9.17) is 9.47 Å². The molecule has 6 heterocycles. The third kappa shape index (κ3) is 11.1. The normalized spacial score (nSPS) is 22.9. The van der Waals surface area contributed by atoms with Crippen LogP contribution in [-0.4, -0.2) is 148 Å². The number of hydrogen-bond donors (Lipinski definition) is 5. The third-order valence-corrected chi connectivity index (χ3v) is 16.6. The molecule has 1 aromatic heterocycles. The van der Waals surface area contributed by atoms with Crippen LogP contribution in [0.5, 0.6) is 0 Å². The van der Waals surface area contributed by atoms with Gasteiger partial charge in [-0.2, -0.15) is 8.78 Å². The van der Waals surface area contributed by atoms with Crippen LogP contribution in [0.15, 0.2) is 72.8 Å². The first-order valence-corrected chi connectivity index (χ1v) is 27.0. The van der Waals surface area contributed by atoms with Gasteiger partial charge in [0.2, 0.25) is 23.6 Å². The van der Waals surface area contributed by atoms with Crippen LogP contribution in [0.1, 0.15) is 95.7 Å². The Hall–Kier alpha value is -5.67. The van der Waals surface area contributed by atoms with Crippen molar-refractivity contribution in [2.45, 2.75) is 101 Å². The maximum atomic E-state index is 14.9. The number of piperidine rings is 2. The number of thiophene rings is 1. The van der Waals surface area contributed by atoms with Crippen molar-refractivity contribution in [1.82, 2.24) is 30.2 Å². The molecule has 0 saturated carbocycles. The van der Waals surface area contributed by atoms with Crippen molar-refractivity contribution in [3.8, 4) is 0 Å². The number of carbonyl (C=O) groups excluding carboxylic acids is 6. The largest absolute Gasteiger partial charge is 0.399 e. The fourth-order valence-corrected chi connectivity index (χ4v) is 11.9. The highest BCUT2D eigenvalue weighted by atomic mass is 32.1. The van der Waals surface area contributed by atoms with Gasteiger partial charge in [0.15, 0.2) is 0 Å². The van der Waals surface area contributed by atoms with Gasteiger partial charge < -0.3 is 49.5 Å². The summed E-state index contributed by atoms with van der Waals surface area (Å²) in [5.74, 6) is -2.43. The number of nitrogens with zero attached hydrogens (tertiary/aromatic N) is 4. The molecule has 73 heavy (non-hydrogen) atoms. The zero-order valence-corrected chi connectivity index (χ0v) is 42.5. The third-order valence-electron chi connectivity index (χ3n) is 14.5. The van der Waals surface area contributed by atoms with Gasteiger partial charge in [-0.25, -0.2) is 0 Å². The second kappa shape index (κ2) is 20.9.